The van der Waals surface area contributed by atoms with Crippen molar-refractivity contribution in [3.05, 3.63) is 29.8 Å². The summed E-state index contributed by atoms with van der Waals surface area (Å²) in [6.45, 7) is 2.91. The number of aliphatic hydroxyl groups excluding tert-OH is 1. The standard InChI is InChI=1S/C12H18N2O2/c15-8-10-16-9-6-13-14-7-5-11-3-1-2-4-12(11)14/h1-4,13,15H,5-10H2. The maximum atomic E-state index is 8.55. The first-order chi connectivity index (χ1) is 7.92. The molecule has 0 atom stereocenters. The van der Waals surface area contributed by atoms with Gasteiger partial charge < -0.3 is 14.9 Å². The summed E-state index contributed by atoms with van der Waals surface area (Å²) in [4.78, 5) is 0. The van der Waals surface area contributed by atoms with E-state index >= 15 is 0 Å². The number of hydrogen-bond acceptors (Lipinski definition) is 4. The molecule has 2 rings (SSSR count). The summed E-state index contributed by atoms with van der Waals surface area (Å²) >= 11 is 0. The van der Waals surface area contributed by atoms with Crippen molar-refractivity contribution in [2.45, 2.75) is 6.42 Å². The van der Waals surface area contributed by atoms with Gasteiger partial charge in [-0.3, -0.25) is 0 Å². The number of para-hydroxylation sites is 1. The third-order valence-corrected chi connectivity index (χ3v) is 2.67. The van der Waals surface area contributed by atoms with E-state index in [1.165, 1.54) is 11.3 Å². The zero-order chi connectivity index (χ0) is 11.2. The molecule has 0 spiro atoms. The molecule has 0 amide bonds. The maximum absolute atomic E-state index is 8.55. The molecule has 1 aromatic carbocycles. The van der Waals surface area contributed by atoms with Gasteiger partial charge in [-0.25, -0.2) is 5.43 Å². The third kappa shape index (κ3) is 2.72. The van der Waals surface area contributed by atoms with Crippen molar-refractivity contribution in [1.82, 2.24) is 5.43 Å². The molecule has 2 N–H and O–H groups in total. The Morgan fingerprint density at radius 2 is 2.19 bits per heavy atom. The second-order valence-corrected chi connectivity index (χ2v) is 3.77. The fourth-order valence-corrected chi connectivity index (χ4v) is 1.92. The van der Waals surface area contributed by atoms with Crippen LogP contribution < -0.4 is 10.4 Å². The van der Waals surface area contributed by atoms with Gasteiger partial charge in [0.15, 0.2) is 0 Å². The molecular weight excluding hydrogens is 204 g/mol. The highest BCUT2D eigenvalue weighted by Gasteiger charge is 2.17. The van der Waals surface area contributed by atoms with E-state index in [1.54, 1.807) is 0 Å². The highest BCUT2D eigenvalue weighted by atomic mass is 16.5. The van der Waals surface area contributed by atoms with E-state index in [4.69, 9.17) is 9.84 Å². The average molecular weight is 222 g/mol. The Bertz CT molecular complexity index is 331. The van der Waals surface area contributed by atoms with Crippen LogP contribution in [0.15, 0.2) is 24.3 Å². The van der Waals surface area contributed by atoms with Gasteiger partial charge in [0.2, 0.25) is 0 Å². The van der Waals surface area contributed by atoms with Crippen LogP contribution in [0.2, 0.25) is 0 Å². The van der Waals surface area contributed by atoms with Crippen LogP contribution in [0.5, 0.6) is 0 Å². The number of aliphatic hydroxyl groups is 1. The van der Waals surface area contributed by atoms with Crippen molar-refractivity contribution in [3.8, 4) is 0 Å². The fourth-order valence-electron chi connectivity index (χ4n) is 1.92. The van der Waals surface area contributed by atoms with E-state index in [-0.39, 0.29) is 6.61 Å². The van der Waals surface area contributed by atoms with Crippen molar-refractivity contribution in [1.29, 1.82) is 0 Å². The van der Waals surface area contributed by atoms with Gasteiger partial charge in [0.05, 0.1) is 25.5 Å². The van der Waals surface area contributed by atoms with Gasteiger partial charge in [0.1, 0.15) is 0 Å². The summed E-state index contributed by atoms with van der Waals surface area (Å²) in [7, 11) is 0. The predicted molar refractivity (Wildman–Crippen MR) is 63.4 cm³/mol. The molecule has 4 heteroatoms. The molecule has 0 saturated carbocycles. The normalized spacial score (nSPS) is 14.2. The van der Waals surface area contributed by atoms with E-state index in [1.807, 2.05) is 0 Å². The summed E-state index contributed by atoms with van der Waals surface area (Å²) in [5.41, 5.74) is 5.99. The van der Waals surface area contributed by atoms with Crippen molar-refractivity contribution in [3.63, 3.8) is 0 Å². The largest absolute Gasteiger partial charge is 0.394 e. The Hall–Kier alpha value is -1.10. The van der Waals surface area contributed by atoms with Crippen LogP contribution in [0.3, 0.4) is 0 Å². The van der Waals surface area contributed by atoms with Gasteiger partial charge in [-0.1, -0.05) is 18.2 Å². The molecule has 16 heavy (non-hydrogen) atoms. The number of anilines is 1. The second-order valence-electron chi connectivity index (χ2n) is 3.77. The minimum absolute atomic E-state index is 0.0898. The number of hydrogen-bond donors (Lipinski definition) is 2. The first-order valence-electron chi connectivity index (χ1n) is 5.69. The fraction of sp³-hybridized carbons (Fsp3) is 0.500. The molecule has 1 aliphatic rings. The van der Waals surface area contributed by atoms with Crippen LogP contribution in [0.25, 0.3) is 0 Å². The Kier molecular flexibility index (Phi) is 4.16. The molecule has 0 radical (unpaired) electrons. The monoisotopic (exact) mass is 222 g/mol. The van der Waals surface area contributed by atoms with Crippen LogP contribution in [0.4, 0.5) is 5.69 Å². The molecule has 1 heterocycles. The Labute approximate surface area is 95.8 Å². The number of hydrazine groups is 1. The van der Waals surface area contributed by atoms with E-state index in [2.05, 4.69) is 34.7 Å². The van der Waals surface area contributed by atoms with Crippen molar-refractivity contribution in [2.24, 2.45) is 0 Å². The SMILES string of the molecule is OCCOCCNN1CCc2ccccc21. The Morgan fingerprint density at radius 3 is 3.06 bits per heavy atom. The molecule has 1 aliphatic heterocycles. The van der Waals surface area contributed by atoms with E-state index < -0.39 is 0 Å². The van der Waals surface area contributed by atoms with Gasteiger partial charge in [0, 0.05) is 13.1 Å². The number of nitrogens with zero attached hydrogens (tertiary/aromatic N) is 1. The lowest BCUT2D eigenvalue weighted by Crippen LogP contribution is -2.38. The number of rotatable bonds is 6. The summed E-state index contributed by atoms with van der Waals surface area (Å²) in [6.07, 6.45) is 1.10. The average Bonchev–Trinajstić information content (AvgIpc) is 2.73. The highest BCUT2D eigenvalue weighted by molar-refractivity contribution is 5.56. The molecule has 88 valence electrons. The maximum Gasteiger partial charge on any atom is 0.0698 e. The van der Waals surface area contributed by atoms with Crippen molar-refractivity contribution in [2.75, 3.05) is 37.9 Å². The zero-order valence-electron chi connectivity index (χ0n) is 9.35. The number of nitrogens with one attached hydrogen (secondary N) is 1. The second kappa shape index (κ2) is 5.84. The summed E-state index contributed by atoms with van der Waals surface area (Å²) < 4.78 is 5.19. The molecule has 0 aromatic heterocycles. The quantitative estimate of drug-likeness (QED) is 0.690. The van der Waals surface area contributed by atoms with Gasteiger partial charge in [-0.05, 0) is 18.1 Å². The predicted octanol–water partition coefficient (Wildman–Crippen LogP) is 0.563. The van der Waals surface area contributed by atoms with E-state index in [0.29, 0.717) is 13.2 Å². The van der Waals surface area contributed by atoms with Crippen LogP contribution in [0.1, 0.15) is 5.56 Å². The smallest absolute Gasteiger partial charge is 0.0698 e. The van der Waals surface area contributed by atoms with Crippen LogP contribution in [-0.2, 0) is 11.2 Å². The Morgan fingerprint density at radius 1 is 1.31 bits per heavy atom. The lowest BCUT2D eigenvalue weighted by molar-refractivity contribution is 0.0937. The Balaban J connectivity index is 1.76. The summed E-state index contributed by atoms with van der Waals surface area (Å²) in [6, 6.07) is 8.43. The van der Waals surface area contributed by atoms with Gasteiger partial charge in [-0.2, -0.15) is 0 Å². The summed E-state index contributed by atoms with van der Waals surface area (Å²) in [5.74, 6) is 0. The minimum atomic E-state index is 0.0898. The molecule has 0 saturated heterocycles. The van der Waals surface area contributed by atoms with E-state index in [9.17, 15) is 0 Å². The van der Waals surface area contributed by atoms with Crippen LogP contribution >= 0.6 is 0 Å². The molecule has 4 nitrogen and oxygen atoms in total. The van der Waals surface area contributed by atoms with E-state index in [0.717, 1.165) is 19.5 Å². The molecule has 0 aliphatic carbocycles. The zero-order valence-corrected chi connectivity index (χ0v) is 9.35. The van der Waals surface area contributed by atoms with Crippen LogP contribution in [-0.4, -0.2) is 38.0 Å². The molecule has 0 fully saturated rings. The lowest BCUT2D eigenvalue weighted by atomic mass is 10.2. The molecule has 0 bridgehead atoms. The first kappa shape index (κ1) is 11.4. The van der Waals surface area contributed by atoms with Crippen molar-refractivity contribution < 1.29 is 9.84 Å². The molecular formula is C12H18N2O2. The third-order valence-electron chi connectivity index (χ3n) is 2.67. The number of ether oxygens (including phenoxy) is 1. The molecule has 1 aromatic rings. The number of benzene rings is 1. The van der Waals surface area contributed by atoms with Gasteiger partial charge in [0.25, 0.3) is 0 Å². The number of fused-ring (bicyclic) bond motifs is 1. The summed E-state index contributed by atoms with van der Waals surface area (Å²) in [5, 5.41) is 10.7. The van der Waals surface area contributed by atoms with Gasteiger partial charge >= 0.3 is 0 Å². The molecule has 0 unspecified atom stereocenters. The lowest BCUT2D eigenvalue weighted by Gasteiger charge is -2.20. The van der Waals surface area contributed by atoms with Gasteiger partial charge in [-0.15, -0.1) is 0 Å². The van der Waals surface area contributed by atoms with Crippen molar-refractivity contribution >= 4 is 5.69 Å². The topological polar surface area (TPSA) is 44.7 Å². The van der Waals surface area contributed by atoms with Crippen LogP contribution in [0, 0.1) is 0 Å². The minimum Gasteiger partial charge on any atom is -0.394 e. The highest BCUT2D eigenvalue weighted by Crippen LogP contribution is 2.25. The first-order valence-corrected chi connectivity index (χ1v) is 5.69.